The summed E-state index contributed by atoms with van der Waals surface area (Å²) in [7, 11) is -5.35. The topological polar surface area (TPSA) is 179 Å². The van der Waals surface area contributed by atoms with Gasteiger partial charge in [-0.2, -0.15) is 17.4 Å². The summed E-state index contributed by atoms with van der Waals surface area (Å²) in [6.45, 7) is -0.354. The van der Waals surface area contributed by atoms with Gasteiger partial charge >= 0.3 is 13.1 Å². The Morgan fingerprint density at radius 1 is 1.38 bits per heavy atom. The maximum atomic E-state index is 12.5. The lowest BCUT2D eigenvalue weighted by molar-refractivity contribution is -0.144. The van der Waals surface area contributed by atoms with E-state index in [9.17, 15) is 18.3 Å². The van der Waals surface area contributed by atoms with Gasteiger partial charge in [0.1, 0.15) is 5.54 Å². The van der Waals surface area contributed by atoms with E-state index in [2.05, 4.69) is 4.72 Å². The zero-order chi connectivity index (χ0) is 18.1. The Hall–Kier alpha value is -0.755. The summed E-state index contributed by atoms with van der Waals surface area (Å²) < 4.78 is 28.4. The average Bonchev–Trinajstić information content (AvgIpc) is 2.83. The summed E-state index contributed by atoms with van der Waals surface area (Å²) >= 11 is 0. The van der Waals surface area contributed by atoms with Crippen LogP contribution < -0.4 is 16.2 Å². The number of nitrogens with zero attached hydrogens (tertiary/aromatic N) is 1. The number of carboxylic acid groups (broad SMARTS) is 1. The highest BCUT2D eigenvalue weighted by Gasteiger charge is 2.52. The second kappa shape index (κ2) is 7.24. The van der Waals surface area contributed by atoms with Crippen LogP contribution in [0.2, 0.25) is 6.32 Å². The highest BCUT2D eigenvalue weighted by Crippen LogP contribution is 2.32. The molecule has 0 aromatic rings. The molecule has 1 aliphatic carbocycles. The van der Waals surface area contributed by atoms with Crippen LogP contribution in [0.1, 0.15) is 25.7 Å². The molecule has 1 saturated heterocycles. The summed E-state index contributed by atoms with van der Waals surface area (Å²) in [4.78, 5) is 11.6. The van der Waals surface area contributed by atoms with E-state index in [1.807, 2.05) is 0 Å². The van der Waals surface area contributed by atoms with Crippen molar-refractivity contribution in [3.8, 4) is 0 Å². The van der Waals surface area contributed by atoms with Crippen LogP contribution in [0.15, 0.2) is 0 Å². The van der Waals surface area contributed by atoms with Crippen molar-refractivity contribution < 1.29 is 28.4 Å². The zero-order valence-electron chi connectivity index (χ0n) is 13.3. The fourth-order valence-electron chi connectivity index (χ4n) is 3.15. The fourth-order valence-corrected chi connectivity index (χ4v) is 4.74. The number of nitrogens with two attached hydrogens (primary N) is 2. The number of carbonyl (C=O) groups is 1. The minimum absolute atomic E-state index is 0.0262. The molecule has 1 saturated carbocycles. The molecule has 1 aliphatic heterocycles. The quantitative estimate of drug-likeness (QED) is 0.251. The number of rotatable bonds is 8. The van der Waals surface area contributed by atoms with Crippen LogP contribution in [-0.4, -0.2) is 71.7 Å². The Morgan fingerprint density at radius 3 is 2.50 bits per heavy atom. The first-order chi connectivity index (χ1) is 11.1. The van der Waals surface area contributed by atoms with Gasteiger partial charge in [-0.1, -0.05) is 6.42 Å². The first-order valence-corrected chi connectivity index (χ1v) is 9.41. The number of nitrogens with one attached hydrogen (secondary N) is 1. The molecule has 0 spiro atoms. The van der Waals surface area contributed by atoms with Crippen molar-refractivity contribution in [2.45, 2.75) is 49.6 Å². The predicted octanol–water partition coefficient (Wildman–Crippen LogP) is -2.72. The van der Waals surface area contributed by atoms with Gasteiger partial charge in [0, 0.05) is 31.1 Å². The highest BCUT2D eigenvalue weighted by atomic mass is 32.2. The van der Waals surface area contributed by atoms with Crippen LogP contribution >= 0.6 is 0 Å². The van der Waals surface area contributed by atoms with Gasteiger partial charge in [-0.25, -0.2) is 0 Å². The largest absolute Gasteiger partial charge is 0.480 e. The number of carboxylic acids is 1. The number of hydrogen-bond donors (Lipinski definition) is 6. The van der Waals surface area contributed by atoms with E-state index in [4.69, 9.17) is 21.5 Å². The predicted molar refractivity (Wildman–Crippen MR) is 86.9 cm³/mol. The van der Waals surface area contributed by atoms with Crippen LogP contribution in [0.3, 0.4) is 0 Å². The van der Waals surface area contributed by atoms with Gasteiger partial charge in [0.05, 0.1) is 0 Å². The smallest absolute Gasteiger partial charge is 0.451 e. The minimum atomic E-state index is -3.87. The van der Waals surface area contributed by atoms with Gasteiger partial charge in [-0.15, -0.1) is 0 Å². The van der Waals surface area contributed by atoms with E-state index < -0.39 is 34.8 Å². The first-order valence-electron chi connectivity index (χ1n) is 7.97. The maximum Gasteiger partial charge on any atom is 0.451 e. The highest BCUT2D eigenvalue weighted by molar-refractivity contribution is 7.87. The molecule has 2 unspecified atom stereocenters. The van der Waals surface area contributed by atoms with Crippen LogP contribution in [0.5, 0.6) is 0 Å². The second-order valence-corrected chi connectivity index (χ2v) is 8.42. The normalized spacial score (nSPS) is 34.1. The van der Waals surface area contributed by atoms with Crippen LogP contribution in [0.25, 0.3) is 0 Å². The molecule has 0 amide bonds. The molecule has 2 fully saturated rings. The van der Waals surface area contributed by atoms with Crippen LogP contribution in [0.4, 0.5) is 0 Å². The van der Waals surface area contributed by atoms with Crippen molar-refractivity contribution in [2.75, 3.05) is 13.1 Å². The van der Waals surface area contributed by atoms with E-state index in [-0.39, 0.29) is 37.9 Å². The molecule has 1 heterocycles. The lowest BCUT2D eigenvalue weighted by Crippen LogP contribution is -2.58. The van der Waals surface area contributed by atoms with Crippen molar-refractivity contribution in [3.05, 3.63) is 0 Å². The van der Waals surface area contributed by atoms with Gasteiger partial charge in [-0.05, 0) is 25.6 Å². The monoisotopic (exact) mass is 364 g/mol. The first kappa shape index (κ1) is 19.6. The molecule has 24 heavy (non-hydrogen) atoms. The Balaban J connectivity index is 2.06. The molecule has 0 aromatic heterocycles. The maximum absolute atomic E-state index is 12.5. The van der Waals surface area contributed by atoms with Gasteiger partial charge < -0.3 is 26.6 Å². The Labute approximate surface area is 141 Å². The Kier molecular flexibility index (Phi) is 5.90. The molecule has 2 aliphatic rings. The molecular formula is C12H25BN4O6S. The molecule has 4 atom stereocenters. The molecule has 10 nitrogen and oxygen atoms in total. The molecule has 12 heteroatoms. The number of hydrogen-bond acceptors (Lipinski definition) is 7. The van der Waals surface area contributed by atoms with Crippen LogP contribution in [0, 0.1) is 5.92 Å². The van der Waals surface area contributed by atoms with Gasteiger partial charge in [0.25, 0.3) is 10.2 Å². The average molecular weight is 364 g/mol. The summed E-state index contributed by atoms with van der Waals surface area (Å²) in [6.07, 6.45) is 2.10. The minimum Gasteiger partial charge on any atom is -0.480 e. The third-order valence-electron chi connectivity index (χ3n) is 4.97. The van der Waals surface area contributed by atoms with E-state index in [1.165, 1.54) is 0 Å². The third-order valence-corrected chi connectivity index (χ3v) is 6.53. The van der Waals surface area contributed by atoms with Crippen molar-refractivity contribution in [3.63, 3.8) is 0 Å². The zero-order valence-corrected chi connectivity index (χ0v) is 14.2. The number of aliphatic carboxylic acids is 1. The molecule has 138 valence electrons. The van der Waals surface area contributed by atoms with Gasteiger partial charge in [0.2, 0.25) is 0 Å². The molecule has 2 rings (SSSR count). The lowest BCUT2D eigenvalue weighted by atomic mass is 9.78. The Morgan fingerprint density at radius 2 is 2.04 bits per heavy atom. The molecular weight excluding hydrogens is 339 g/mol. The van der Waals surface area contributed by atoms with E-state index in [1.54, 1.807) is 0 Å². The lowest BCUT2D eigenvalue weighted by Gasteiger charge is -2.35. The van der Waals surface area contributed by atoms with Crippen molar-refractivity contribution >= 4 is 23.3 Å². The molecule has 0 radical (unpaired) electrons. The fraction of sp³-hybridized carbons (Fsp3) is 0.917. The van der Waals surface area contributed by atoms with Crippen molar-refractivity contribution in [1.82, 2.24) is 9.03 Å². The van der Waals surface area contributed by atoms with E-state index in [0.717, 1.165) is 10.7 Å². The van der Waals surface area contributed by atoms with Gasteiger partial charge in [-0.3, -0.25) is 4.79 Å². The SMILES string of the molecule is NC1CCC1NS(=O)(=O)N1C[C@H](CCCB(O)O)[C@](N)(C(=O)O)C1. The molecule has 8 N–H and O–H groups in total. The Bertz CT molecular complexity index is 576. The molecule has 0 aromatic carbocycles. The van der Waals surface area contributed by atoms with E-state index >= 15 is 0 Å². The third kappa shape index (κ3) is 4.07. The van der Waals surface area contributed by atoms with E-state index in [0.29, 0.717) is 12.8 Å². The van der Waals surface area contributed by atoms with Crippen molar-refractivity contribution in [2.24, 2.45) is 17.4 Å². The standard InChI is InChI=1S/C12H25BN4O6S/c14-9-3-4-10(9)16-24(22,23)17-6-8(2-1-5-13(20)21)12(15,7-17)11(18)19/h8-10,16,20-21H,1-7,14-15H2,(H,18,19)/t8-,9?,10?,12-/m0/s1. The van der Waals surface area contributed by atoms with Crippen molar-refractivity contribution in [1.29, 1.82) is 0 Å². The van der Waals surface area contributed by atoms with Crippen LogP contribution in [-0.2, 0) is 15.0 Å². The van der Waals surface area contributed by atoms with Gasteiger partial charge in [0.15, 0.2) is 0 Å². The summed E-state index contributed by atoms with van der Waals surface area (Å²) in [5.74, 6) is -1.88. The summed E-state index contributed by atoms with van der Waals surface area (Å²) in [6, 6.07) is -0.568. The second-order valence-electron chi connectivity index (χ2n) is 6.72. The summed E-state index contributed by atoms with van der Waals surface area (Å²) in [5, 5.41) is 27.2. The molecule has 0 bridgehead atoms. The summed E-state index contributed by atoms with van der Waals surface area (Å²) in [5.41, 5.74) is 10.0.